The Morgan fingerprint density at radius 2 is 2.08 bits per heavy atom. The van der Waals surface area contributed by atoms with Crippen molar-refractivity contribution in [1.29, 1.82) is 0 Å². The third kappa shape index (κ3) is 5.10. The number of carbonyl (C=O) groups is 2. The summed E-state index contributed by atoms with van der Waals surface area (Å²) >= 11 is 0. The van der Waals surface area contributed by atoms with Gasteiger partial charge in [-0.1, -0.05) is 13.0 Å². The molecular formula is C15H17F3N2O4. The highest BCUT2D eigenvalue weighted by Crippen LogP contribution is 2.29. The molecule has 2 rings (SSSR count). The van der Waals surface area contributed by atoms with Crippen LogP contribution < -0.4 is 4.74 Å². The molecule has 9 heteroatoms. The lowest BCUT2D eigenvalue weighted by atomic mass is 10.1. The minimum Gasteiger partial charge on any atom is -0.481 e. The lowest BCUT2D eigenvalue weighted by Crippen LogP contribution is -2.39. The molecule has 1 aliphatic rings. The van der Waals surface area contributed by atoms with Gasteiger partial charge in [0.05, 0.1) is 5.92 Å². The Balaban J connectivity index is 2.10. The first-order valence-electron chi connectivity index (χ1n) is 7.38. The highest BCUT2D eigenvalue weighted by molar-refractivity contribution is 5.93. The summed E-state index contributed by atoms with van der Waals surface area (Å²) in [5.41, 5.74) is -0.0702. The maximum Gasteiger partial charge on any atom is 0.422 e. The van der Waals surface area contributed by atoms with E-state index in [9.17, 15) is 22.8 Å². The van der Waals surface area contributed by atoms with Crippen LogP contribution in [0.1, 0.15) is 30.3 Å². The van der Waals surface area contributed by atoms with Gasteiger partial charge in [-0.25, -0.2) is 4.98 Å². The third-order valence-corrected chi connectivity index (χ3v) is 3.47. The minimum atomic E-state index is -4.50. The maximum absolute atomic E-state index is 12.5. The molecule has 132 valence electrons. The Morgan fingerprint density at radius 1 is 1.42 bits per heavy atom. The maximum atomic E-state index is 12.5. The molecule has 1 aromatic heterocycles. The normalized spacial score (nSPS) is 15.7. The summed E-state index contributed by atoms with van der Waals surface area (Å²) in [5.74, 6) is -2.59. The van der Waals surface area contributed by atoms with Crippen LogP contribution in [0.5, 0.6) is 5.88 Å². The Morgan fingerprint density at radius 3 is 2.62 bits per heavy atom. The van der Waals surface area contributed by atoms with Crippen molar-refractivity contribution in [3.05, 3.63) is 23.9 Å². The predicted octanol–water partition coefficient (Wildman–Crippen LogP) is 2.35. The van der Waals surface area contributed by atoms with E-state index in [4.69, 9.17) is 5.11 Å². The molecule has 1 aromatic rings. The van der Waals surface area contributed by atoms with E-state index >= 15 is 0 Å². The van der Waals surface area contributed by atoms with Crippen LogP contribution in [-0.4, -0.2) is 52.2 Å². The average Bonchev–Trinajstić information content (AvgIpc) is 3.34. The fourth-order valence-corrected chi connectivity index (χ4v) is 2.07. The molecule has 0 saturated heterocycles. The summed E-state index contributed by atoms with van der Waals surface area (Å²) in [6, 6.07) is 3.91. The van der Waals surface area contributed by atoms with Crippen LogP contribution in [0, 0.1) is 5.92 Å². The standard InChI is InChI=1S/C15H17F3N2O4/c1-9(14(22)23)7-20(10-5-6-10)13(21)11-3-2-4-12(19-11)24-8-15(16,17)18/h2-4,9-10H,5-8H2,1H3,(H,22,23). The van der Waals surface area contributed by atoms with E-state index in [0.29, 0.717) is 0 Å². The van der Waals surface area contributed by atoms with E-state index in [1.54, 1.807) is 0 Å². The van der Waals surface area contributed by atoms with Crippen molar-refractivity contribution < 1.29 is 32.6 Å². The minimum absolute atomic E-state index is 0.0220. The Bertz CT molecular complexity index is 617. The average molecular weight is 346 g/mol. The summed E-state index contributed by atoms with van der Waals surface area (Å²) < 4.78 is 41.1. The van der Waals surface area contributed by atoms with Gasteiger partial charge in [0, 0.05) is 18.7 Å². The first-order chi connectivity index (χ1) is 11.2. The van der Waals surface area contributed by atoms with E-state index in [1.807, 2.05) is 0 Å². The van der Waals surface area contributed by atoms with Crippen molar-refractivity contribution in [3.8, 4) is 5.88 Å². The van der Waals surface area contributed by atoms with Crippen LogP contribution in [-0.2, 0) is 4.79 Å². The number of aliphatic carboxylic acids is 1. The molecule has 1 N–H and O–H groups in total. The van der Waals surface area contributed by atoms with Crippen LogP contribution in [0.2, 0.25) is 0 Å². The van der Waals surface area contributed by atoms with E-state index in [1.165, 1.54) is 30.0 Å². The first-order valence-corrected chi connectivity index (χ1v) is 7.38. The second-order valence-electron chi connectivity index (χ2n) is 5.69. The van der Waals surface area contributed by atoms with E-state index in [0.717, 1.165) is 12.8 Å². The lowest BCUT2D eigenvalue weighted by molar-refractivity contribution is -0.154. The number of halogens is 3. The highest BCUT2D eigenvalue weighted by Gasteiger charge is 2.35. The number of hydrogen-bond donors (Lipinski definition) is 1. The summed E-state index contributed by atoms with van der Waals surface area (Å²) in [7, 11) is 0. The van der Waals surface area contributed by atoms with Crippen molar-refractivity contribution in [2.45, 2.75) is 32.0 Å². The van der Waals surface area contributed by atoms with Crippen molar-refractivity contribution >= 4 is 11.9 Å². The molecule has 1 aliphatic carbocycles. The van der Waals surface area contributed by atoms with E-state index < -0.39 is 30.6 Å². The number of alkyl halides is 3. The third-order valence-electron chi connectivity index (χ3n) is 3.47. The van der Waals surface area contributed by atoms with Gasteiger partial charge in [-0.05, 0) is 18.9 Å². The van der Waals surface area contributed by atoms with Crippen molar-refractivity contribution in [2.75, 3.05) is 13.2 Å². The number of carbonyl (C=O) groups excluding carboxylic acids is 1. The van der Waals surface area contributed by atoms with Gasteiger partial charge in [-0.3, -0.25) is 9.59 Å². The van der Waals surface area contributed by atoms with Gasteiger partial charge in [-0.2, -0.15) is 13.2 Å². The summed E-state index contributed by atoms with van der Waals surface area (Å²) in [4.78, 5) is 28.7. The van der Waals surface area contributed by atoms with Crippen molar-refractivity contribution in [2.24, 2.45) is 5.92 Å². The molecular weight excluding hydrogens is 329 g/mol. The van der Waals surface area contributed by atoms with Gasteiger partial charge in [0.2, 0.25) is 5.88 Å². The lowest BCUT2D eigenvalue weighted by Gasteiger charge is -2.24. The van der Waals surface area contributed by atoms with Crippen LogP contribution in [0.15, 0.2) is 18.2 Å². The number of ether oxygens (including phenoxy) is 1. The number of pyridine rings is 1. The summed E-state index contributed by atoms with van der Waals surface area (Å²) in [6.07, 6.45) is -2.97. The molecule has 1 amide bonds. The van der Waals surface area contributed by atoms with Gasteiger partial charge in [0.25, 0.3) is 5.91 Å². The highest BCUT2D eigenvalue weighted by atomic mass is 19.4. The van der Waals surface area contributed by atoms with Crippen molar-refractivity contribution in [3.63, 3.8) is 0 Å². The van der Waals surface area contributed by atoms with Crippen LogP contribution >= 0.6 is 0 Å². The Labute approximate surface area is 136 Å². The second kappa shape index (κ2) is 7.06. The molecule has 0 aliphatic heterocycles. The van der Waals surface area contributed by atoms with Crippen LogP contribution in [0.3, 0.4) is 0 Å². The molecule has 0 radical (unpaired) electrons. The van der Waals surface area contributed by atoms with Crippen LogP contribution in [0.25, 0.3) is 0 Å². The molecule has 6 nitrogen and oxygen atoms in total. The van der Waals surface area contributed by atoms with Gasteiger partial charge in [0.1, 0.15) is 5.69 Å². The summed E-state index contributed by atoms with van der Waals surface area (Å²) in [6.45, 7) is 0.00939. The summed E-state index contributed by atoms with van der Waals surface area (Å²) in [5, 5.41) is 9.00. The topological polar surface area (TPSA) is 79.7 Å². The molecule has 1 heterocycles. The smallest absolute Gasteiger partial charge is 0.422 e. The first kappa shape index (κ1) is 18.0. The number of aromatic nitrogens is 1. The monoisotopic (exact) mass is 346 g/mol. The quantitative estimate of drug-likeness (QED) is 0.820. The number of amides is 1. The number of carboxylic acids is 1. The molecule has 0 aromatic carbocycles. The Hall–Kier alpha value is -2.32. The zero-order valence-electron chi connectivity index (χ0n) is 12.9. The zero-order chi connectivity index (χ0) is 17.9. The fraction of sp³-hybridized carbons (Fsp3) is 0.533. The molecule has 1 fully saturated rings. The fourth-order valence-electron chi connectivity index (χ4n) is 2.07. The van der Waals surface area contributed by atoms with Gasteiger partial charge in [-0.15, -0.1) is 0 Å². The molecule has 0 bridgehead atoms. The van der Waals surface area contributed by atoms with Gasteiger partial charge in [0.15, 0.2) is 6.61 Å². The number of carboxylic acid groups (broad SMARTS) is 1. The predicted molar refractivity (Wildman–Crippen MR) is 76.6 cm³/mol. The zero-order valence-corrected chi connectivity index (χ0v) is 12.9. The van der Waals surface area contributed by atoms with Gasteiger partial charge < -0.3 is 14.7 Å². The largest absolute Gasteiger partial charge is 0.481 e. The number of nitrogens with zero attached hydrogens (tertiary/aromatic N) is 2. The Kier molecular flexibility index (Phi) is 5.30. The van der Waals surface area contributed by atoms with Crippen LogP contribution in [0.4, 0.5) is 13.2 Å². The number of hydrogen-bond acceptors (Lipinski definition) is 4. The molecule has 1 unspecified atom stereocenters. The molecule has 1 atom stereocenters. The van der Waals surface area contributed by atoms with Crippen molar-refractivity contribution in [1.82, 2.24) is 9.88 Å². The molecule has 1 saturated carbocycles. The van der Waals surface area contributed by atoms with Gasteiger partial charge >= 0.3 is 12.1 Å². The molecule has 0 spiro atoms. The van der Waals surface area contributed by atoms with E-state index in [2.05, 4.69) is 9.72 Å². The second-order valence-corrected chi connectivity index (χ2v) is 5.69. The molecule has 24 heavy (non-hydrogen) atoms. The number of rotatable bonds is 7. The van der Waals surface area contributed by atoms with E-state index in [-0.39, 0.29) is 24.2 Å². The SMILES string of the molecule is CC(CN(C(=O)c1cccc(OCC(F)(F)F)n1)C1CC1)C(=O)O.